The van der Waals surface area contributed by atoms with Crippen molar-refractivity contribution in [1.82, 2.24) is 5.16 Å². The molecule has 3 rings (SSSR count). The highest BCUT2D eigenvalue weighted by atomic mass is 32.2. The first-order valence-electron chi connectivity index (χ1n) is 7.87. The summed E-state index contributed by atoms with van der Waals surface area (Å²) in [7, 11) is -3.60. The molecule has 25 heavy (non-hydrogen) atoms. The Labute approximate surface area is 145 Å². The molecule has 0 spiro atoms. The Morgan fingerprint density at radius 3 is 2.80 bits per heavy atom. The Morgan fingerprint density at radius 1 is 1.44 bits per heavy atom. The number of non-ortho nitro benzene ring substituents is 1. The van der Waals surface area contributed by atoms with Crippen LogP contribution >= 0.6 is 0 Å². The zero-order valence-electron chi connectivity index (χ0n) is 13.6. The molecule has 8 nitrogen and oxygen atoms in total. The van der Waals surface area contributed by atoms with Gasteiger partial charge in [-0.15, -0.1) is 0 Å². The maximum Gasteiger partial charge on any atom is 0.269 e. The van der Waals surface area contributed by atoms with Crippen molar-refractivity contribution in [3.63, 3.8) is 0 Å². The summed E-state index contributed by atoms with van der Waals surface area (Å²) in [5.74, 6) is 0.0923. The first kappa shape index (κ1) is 17.6. The van der Waals surface area contributed by atoms with Gasteiger partial charge in [-0.2, -0.15) is 8.42 Å². The van der Waals surface area contributed by atoms with Gasteiger partial charge in [0.1, 0.15) is 6.26 Å². The molecule has 9 heteroatoms. The molecule has 1 saturated carbocycles. The van der Waals surface area contributed by atoms with E-state index in [4.69, 9.17) is 8.71 Å². The van der Waals surface area contributed by atoms with E-state index >= 15 is 0 Å². The van der Waals surface area contributed by atoms with Crippen LogP contribution in [0.25, 0.3) is 0 Å². The van der Waals surface area contributed by atoms with Crippen molar-refractivity contribution in [3.05, 3.63) is 57.5 Å². The Morgan fingerprint density at radius 2 is 2.20 bits per heavy atom. The van der Waals surface area contributed by atoms with Crippen molar-refractivity contribution in [2.24, 2.45) is 5.92 Å². The predicted molar refractivity (Wildman–Crippen MR) is 88.4 cm³/mol. The number of nitro benzene ring substituents is 1. The first-order valence-corrected chi connectivity index (χ1v) is 9.68. The van der Waals surface area contributed by atoms with E-state index in [1.807, 2.05) is 6.07 Å². The van der Waals surface area contributed by atoms with Crippen molar-refractivity contribution in [2.75, 3.05) is 6.26 Å². The van der Waals surface area contributed by atoms with Gasteiger partial charge in [0.2, 0.25) is 0 Å². The van der Waals surface area contributed by atoms with Crippen LogP contribution in [0.2, 0.25) is 0 Å². The van der Waals surface area contributed by atoms with Crippen LogP contribution in [0.15, 0.2) is 35.1 Å². The van der Waals surface area contributed by atoms with Gasteiger partial charge in [0, 0.05) is 23.6 Å². The molecule has 1 aliphatic rings. The minimum atomic E-state index is -3.60. The number of hydrogen-bond donors (Lipinski definition) is 0. The largest absolute Gasteiger partial charge is 0.364 e. The molecule has 1 fully saturated rings. The fourth-order valence-corrected chi connectivity index (χ4v) is 3.40. The van der Waals surface area contributed by atoms with Crippen molar-refractivity contribution in [3.8, 4) is 0 Å². The molecule has 1 aliphatic carbocycles. The van der Waals surface area contributed by atoms with E-state index in [0.717, 1.165) is 31.1 Å². The number of nitro groups is 1. The summed E-state index contributed by atoms with van der Waals surface area (Å²) in [6.45, 7) is -0.171. The monoisotopic (exact) mass is 366 g/mol. The summed E-state index contributed by atoms with van der Waals surface area (Å²) < 4.78 is 32.4. The molecule has 1 aromatic carbocycles. The fraction of sp³-hybridized carbons (Fsp3) is 0.438. The topological polar surface area (TPSA) is 113 Å². The van der Waals surface area contributed by atoms with Gasteiger partial charge in [0.25, 0.3) is 15.8 Å². The van der Waals surface area contributed by atoms with E-state index in [9.17, 15) is 18.5 Å². The van der Waals surface area contributed by atoms with E-state index in [2.05, 4.69) is 5.16 Å². The summed E-state index contributed by atoms with van der Waals surface area (Å²) in [6.07, 6.45) is 5.38. The molecule has 1 unspecified atom stereocenters. The zero-order valence-corrected chi connectivity index (χ0v) is 14.4. The minimum Gasteiger partial charge on any atom is -0.364 e. The summed E-state index contributed by atoms with van der Waals surface area (Å²) in [4.78, 5) is 10.6. The van der Waals surface area contributed by atoms with Gasteiger partial charge < -0.3 is 4.52 Å². The van der Waals surface area contributed by atoms with E-state index in [-0.39, 0.29) is 24.1 Å². The van der Waals surface area contributed by atoms with E-state index in [1.165, 1.54) is 12.3 Å². The zero-order chi connectivity index (χ0) is 18.0. The van der Waals surface area contributed by atoms with Gasteiger partial charge in [0.15, 0.2) is 0 Å². The highest BCUT2D eigenvalue weighted by molar-refractivity contribution is 7.85. The van der Waals surface area contributed by atoms with Crippen LogP contribution in [0, 0.1) is 16.0 Å². The van der Waals surface area contributed by atoms with Gasteiger partial charge in [0.05, 0.1) is 23.5 Å². The molecule has 1 atom stereocenters. The number of nitrogens with zero attached hydrogens (tertiary/aromatic N) is 2. The second-order valence-corrected chi connectivity index (χ2v) is 7.86. The summed E-state index contributed by atoms with van der Waals surface area (Å²) in [6, 6.07) is 6.45. The highest BCUT2D eigenvalue weighted by Gasteiger charge is 2.34. The second-order valence-electron chi connectivity index (χ2n) is 6.21. The number of benzene rings is 1. The highest BCUT2D eigenvalue weighted by Crippen LogP contribution is 2.44. The smallest absolute Gasteiger partial charge is 0.269 e. The van der Waals surface area contributed by atoms with Crippen molar-refractivity contribution in [1.29, 1.82) is 0 Å². The maximum absolute atomic E-state index is 11.3. The van der Waals surface area contributed by atoms with E-state index in [1.54, 1.807) is 12.1 Å². The molecule has 0 saturated heterocycles. The van der Waals surface area contributed by atoms with Crippen LogP contribution in [-0.2, 0) is 20.9 Å². The molecule has 134 valence electrons. The SMILES string of the molecule is CS(=O)(=O)OCc1conc1C(c1cccc([N+](=O)[O-])c1)C1CCC1. The number of hydrogen-bond acceptors (Lipinski definition) is 7. The van der Waals surface area contributed by atoms with Crippen molar-refractivity contribution in [2.45, 2.75) is 31.8 Å². The normalized spacial score (nSPS) is 16.4. The van der Waals surface area contributed by atoms with E-state index in [0.29, 0.717) is 11.3 Å². The quantitative estimate of drug-likeness (QED) is 0.420. The molecule has 1 heterocycles. The molecule has 0 bridgehead atoms. The predicted octanol–water partition coefficient (Wildman–Crippen LogP) is 2.99. The number of rotatable bonds is 7. The average molecular weight is 366 g/mol. The molecular formula is C16H18N2O6S. The Balaban J connectivity index is 1.96. The molecule has 2 aromatic rings. The van der Waals surface area contributed by atoms with Crippen LogP contribution in [0.4, 0.5) is 5.69 Å². The van der Waals surface area contributed by atoms with Gasteiger partial charge >= 0.3 is 0 Å². The Hall–Kier alpha value is -2.26. The molecule has 0 radical (unpaired) electrons. The molecule has 0 amide bonds. The maximum atomic E-state index is 11.3. The summed E-state index contributed by atoms with van der Waals surface area (Å²) in [5, 5.41) is 15.1. The fourth-order valence-electron chi connectivity index (χ4n) is 3.06. The van der Waals surface area contributed by atoms with Crippen LogP contribution in [0.3, 0.4) is 0 Å². The van der Waals surface area contributed by atoms with Crippen LogP contribution < -0.4 is 0 Å². The van der Waals surface area contributed by atoms with Crippen molar-refractivity contribution < 1.29 is 22.0 Å². The van der Waals surface area contributed by atoms with Crippen LogP contribution in [0.5, 0.6) is 0 Å². The van der Waals surface area contributed by atoms with Gasteiger partial charge in [-0.05, 0) is 24.3 Å². The van der Waals surface area contributed by atoms with Gasteiger partial charge in [-0.3, -0.25) is 14.3 Å². The molecule has 0 aliphatic heterocycles. The molecule has 0 N–H and O–H groups in total. The third-order valence-electron chi connectivity index (χ3n) is 4.46. The van der Waals surface area contributed by atoms with Crippen molar-refractivity contribution >= 4 is 15.8 Å². The number of aromatic nitrogens is 1. The Kier molecular flexibility index (Phi) is 4.87. The van der Waals surface area contributed by atoms with E-state index < -0.39 is 15.0 Å². The lowest BCUT2D eigenvalue weighted by molar-refractivity contribution is -0.384. The van der Waals surface area contributed by atoms with Gasteiger partial charge in [-0.1, -0.05) is 23.7 Å². The second kappa shape index (κ2) is 6.93. The first-order chi connectivity index (χ1) is 11.8. The lowest BCUT2D eigenvalue weighted by Crippen LogP contribution is -2.23. The minimum absolute atomic E-state index is 0.0132. The summed E-state index contributed by atoms with van der Waals surface area (Å²) >= 11 is 0. The standard InChI is InChI=1S/C16H18N2O6S/c1-25(21,22)24-10-13-9-23-17-16(13)15(11-4-2-5-11)12-6-3-7-14(8-12)18(19)20/h3,6-9,11,15H,2,4-5,10H2,1H3. The molecular weight excluding hydrogens is 348 g/mol. The third kappa shape index (κ3) is 4.05. The third-order valence-corrected chi connectivity index (χ3v) is 5.01. The van der Waals surface area contributed by atoms with Crippen LogP contribution in [0.1, 0.15) is 42.0 Å². The molecule has 1 aromatic heterocycles. The van der Waals surface area contributed by atoms with Crippen LogP contribution in [-0.4, -0.2) is 24.8 Å². The summed E-state index contributed by atoms with van der Waals surface area (Å²) in [5.41, 5.74) is 1.90. The lowest BCUT2D eigenvalue weighted by atomic mass is 9.71. The Bertz CT molecular complexity index is 872. The average Bonchev–Trinajstić information content (AvgIpc) is 2.96. The lowest BCUT2D eigenvalue weighted by Gasteiger charge is -2.33. The van der Waals surface area contributed by atoms with Gasteiger partial charge in [-0.25, -0.2) is 0 Å².